The van der Waals surface area contributed by atoms with Crippen molar-refractivity contribution in [3.63, 3.8) is 0 Å². The van der Waals surface area contributed by atoms with Crippen LogP contribution in [-0.4, -0.2) is 16.7 Å². The average Bonchev–Trinajstić information content (AvgIpc) is 2.75. The first-order valence-corrected chi connectivity index (χ1v) is 7.83. The Bertz CT molecular complexity index is 341. The molecule has 1 unspecified atom stereocenters. The number of nitrogens with zero attached hydrogens (tertiary/aromatic N) is 2. The summed E-state index contributed by atoms with van der Waals surface area (Å²) in [4.78, 5) is 0. The van der Waals surface area contributed by atoms with E-state index in [1.165, 1.54) is 11.4 Å². The molecule has 0 aliphatic heterocycles. The summed E-state index contributed by atoms with van der Waals surface area (Å²) in [6.07, 6.45) is 4.45. The van der Waals surface area contributed by atoms with Crippen LogP contribution in [-0.2, 0) is 6.42 Å². The fourth-order valence-corrected chi connectivity index (χ4v) is 2.72. The first-order chi connectivity index (χ1) is 8.46. The number of aromatic nitrogens is 2. The number of aryl methyl sites for hydroxylation is 1. The molecular formula is C14H27N3S. The third-order valence-electron chi connectivity index (χ3n) is 2.92. The minimum atomic E-state index is 0.371. The largest absolute Gasteiger partial charge is 0.308 e. The quantitative estimate of drug-likeness (QED) is 0.814. The summed E-state index contributed by atoms with van der Waals surface area (Å²) in [5.74, 6) is 0. The van der Waals surface area contributed by atoms with Crippen molar-refractivity contribution < 1.29 is 0 Å². The standard InChI is InChI=1S/C14H27N3S/c1-6-10-15-11(7-2)13-17-16-12(18-13)8-9-14(3,4)5/h11,15H,6-10H2,1-5H3. The Morgan fingerprint density at radius 1 is 1.22 bits per heavy atom. The smallest absolute Gasteiger partial charge is 0.134 e. The molecule has 0 aromatic carbocycles. The fourth-order valence-electron chi connectivity index (χ4n) is 1.72. The van der Waals surface area contributed by atoms with Gasteiger partial charge in [-0.1, -0.05) is 46.0 Å². The minimum Gasteiger partial charge on any atom is -0.308 e. The van der Waals surface area contributed by atoms with E-state index in [4.69, 9.17) is 0 Å². The van der Waals surface area contributed by atoms with Gasteiger partial charge in [0.15, 0.2) is 0 Å². The van der Waals surface area contributed by atoms with E-state index >= 15 is 0 Å². The first kappa shape index (κ1) is 15.6. The lowest BCUT2D eigenvalue weighted by atomic mass is 9.91. The molecule has 1 heterocycles. The maximum absolute atomic E-state index is 4.35. The highest BCUT2D eigenvalue weighted by Crippen LogP contribution is 2.25. The number of rotatable bonds is 7. The van der Waals surface area contributed by atoms with Crippen LogP contribution in [0.4, 0.5) is 0 Å². The van der Waals surface area contributed by atoms with E-state index in [0.29, 0.717) is 11.5 Å². The molecule has 1 N–H and O–H groups in total. The third kappa shape index (κ3) is 5.44. The lowest BCUT2D eigenvalue weighted by Crippen LogP contribution is -2.21. The molecule has 1 rings (SSSR count). The van der Waals surface area contributed by atoms with E-state index in [2.05, 4.69) is 50.1 Å². The van der Waals surface area contributed by atoms with Gasteiger partial charge in [0, 0.05) is 6.42 Å². The summed E-state index contributed by atoms with van der Waals surface area (Å²) in [7, 11) is 0. The van der Waals surface area contributed by atoms with E-state index in [1.54, 1.807) is 11.3 Å². The highest BCUT2D eigenvalue weighted by Gasteiger charge is 2.16. The lowest BCUT2D eigenvalue weighted by Gasteiger charge is -2.16. The Hall–Kier alpha value is -0.480. The van der Waals surface area contributed by atoms with Gasteiger partial charge >= 0.3 is 0 Å². The molecule has 3 nitrogen and oxygen atoms in total. The van der Waals surface area contributed by atoms with E-state index in [-0.39, 0.29) is 0 Å². The van der Waals surface area contributed by atoms with Crippen LogP contribution in [0.15, 0.2) is 0 Å². The molecule has 104 valence electrons. The molecular weight excluding hydrogens is 242 g/mol. The minimum absolute atomic E-state index is 0.371. The molecule has 0 fully saturated rings. The molecule has 1 atom stereocenters. The Morgan fingerprint density at radius 2 is 1.94 bits per heavy atom. The van der Waals surface area contributed by atoms with Crippen LogP contribution in [0.3, 0.4) is 0 Å². The van der Waals surface area contributed by atoms with Gasteiger partial charge in [0.1, 0.15) is 10.0 Å². The summed E-state index contributed by atoms with van der Waals surface area (Å²) in [6, 6.07) is 0.380. The molecule has 0 bridgehead atoms. The lowest BCUT2D eigenvalue weighted by molar-refractivity contribution is 0.377. The SMILES string of the molecule is CCCNC(CC)c1nnc(CCC(C)(C)C)s1. The summed E-state index contributed by atoms with van der Waals surface area (Å²) in [5, 5.41) is 14.5. The summed E-state index contributed by atoms with van der Waals surface area (Å²) >= 11 is 1.77. The molecule has 1 aromatic heterocycles. The Morgan fingerprint density at radius 3 is 2.50 bits per heavy atom. The van der Waals surface area contributed by atoms with E-state index in [0.717, 1.165) is 30.8 Å². The second-order valence-corrected chi connectivity index (χ2v) is 7.10. The first-order valence-electron chi connectivity index (χ1n) is 7.02. The number of hydrogen-bond acceptors (Lipinski definition) is 4. The Balaban J connectivity index is 2.55. The van der Waals surface area contributed by atoms with Crippen molar-refractivity contribution in [1.29, 1.82) is 0 Å². The van der Waals surface area contributed by atoms with Gasteiger partial charge in [0.05, 0.1) is 6.04 Å². The molecule has 0 aliphatic carbocycles. The van der Waals surface area contributed by atoms with Crippen molar-refractivity contribution in [3.05, 3.63) is 10.0 Å². The topological polar surface area (TPSA) is 37.8 Å². The normalized spacial score (nSPS) is 13.8. The van der Waals surface area contributed by atoms with Gasteiger partial charge in [-0.3, -0.25) is 0 Å². The molecule has 0 aliphatic rings. The molecule has 0 spiro atoms. The summed E-state index contributed by atoms with van der Waals surface area (Å²) in [6.45, 7) is 12.2. The highest BCUT2D eigenvalue weighted by molar-refractivity contribution is 7.11. The molecule has 0 amide bonds. The predicted molar refractivity (Wildman–Crippen MR) is 79.0 cm³/mol. The van der Waals surface area contributed by atoms with Gasteiger partial charge in [0.25, 0.3) is 0 Å². The predicted octanol–water partition coefficient (Wildman–Crippen LogP) is 3.97. The van der Waals surface area contributed by atoms with Crippen LogP contribution >= 0.6 is 11.3 Å². The van der Waals surface area contributed by atoms with Gasteiger partial charge in [-0.05, 0) is 31.2 Å². The monoisotopic (exact) mass is 269 g/mol. The molecule has 0 saturated carbocycles. The Kier molecular flexibility index (Phi) is 6.22. The highest BCUT2D eigenvalue weighted by atomic mass is 32.1. The van der Waals surface area contributed by atoms with Gasteiger partial charge < -0.3 is 5.32 Å². The van der Waals surface area contributed by atoms with Crippen molar-refractivity contribution in [2.75, 3.05) is 6.54 Å². The maximum Gasteiger partial charge on any atom is 0.134 e. The van der Waals surface area contributed by atoms with Crippen LogP contribution in [0.5, 0.6) is 0 Å². The second kappa shape index (κ2) is 7.19. The van der Waals surface area contributed by atoms with Crippen molar-refractivity contribution in [3.8, 4) is 0 Å². The van der Waals surface area contributed by atoms with Crippen LogP contribution in [0.2, 0.25) is 0 Å². The molecule has 0 radical (unpaired) electrons. The van der Waals surface area contributed by atoms with Crippen LogP contribution in [0, 0.1) is 5.41 Å². The van der Waals surface area contributed by atoms with Crippen molar-refractivity contribution in [2.24, 2.45) is 5.41 Å². The van der Waals surface area contributed by atoms with Crippen LogP contribution in [0.1, 0.15) is 69.9 Å². The van der Waals surface area contributed by atoms with E-state index in [9.17, 15) is 0 Å². The van der Waals surface area contributed by atoms with Crippen molar-refractivity contribution >= 4 is 11.3 Å². The Labute approximate surface area is 115 Å². The van der Waals surface area contributed by atoms with Crippen molar-refractivity contribution in [2.45, 2.75) is 66.3 Å². The molecule has 18 heavy (non-hydrogen) atoms. The zero-order valence-electron chi connectivity index (χ0n) is 12.4. The van der Waals surface area contributed by atoms with E-state index in [1.807, 2.05) is 0 Å². The van der Waals surface area contributed by atoms with Gasteiger partial charge in [0.2, 0.25) is 0 Å². The zero-order chi connectivity index (χ0) is 13.6. The fraction of sp³-hybridized carbons (Fsp3) is 0.857. The number of hydrogen-bond donors (Lipinski definition) is 1. The zero-order valence-corrected chi connectivity index (χ0v) is 13.2. The molecule has 0 saturated heterocycles. The maximum atomic E-state index is 4.35. The van der Waals surface area contributed by atoms with Crippen LogP contribution < -0.4 is 5.32 Å². The average molecular weight is 269 g/mol. The molecule has 4 heteroatoms. The summed E-state index contributed by atoms with van der Waals surface area (Å²) in [5.41, 5.74) is 0.371. The van der Waals surface area contributed by atoms with Crippen molar-refractivity contribution in [1.82, 2.24) is 15.5 Å². The van der Waals surface area contributed by atoms with Gasteiger partial charge in [-0.2, -0.15) is 0 Å². The third-order valence-corrected chi connectivity index (χ3v) is 4.02. The second-order valence-electron chi connectivity index (χ2n) is 6.01. The van der Waals surface area contributed by atoms with E-state index < -0.39 is 0 Å². The van der Waals surface area contributed by atoms with Gasteiger partial charge in [-0.15, -0.1) is 10.2 Å². The number of nitrogens with one attached hydrogen (secondary N) is 1. The molecule has 1 aromatic rings. The van der Waals surface area contributed by atoms with Gasteiger partial charge in [-0.25, -0.2) is 0 Å². The van der Waals surface area contributed by atoms with Crippen LogP contribution in [0.25, 0.3) is 0 Å². The summed E-state index contributed by atoms with van der Waals surface area (Å²) < 4.78 is 0.